The van der Waals surface area contributed by atoms with Gasteiger partial charge in [0.05, 0.1) is 6.33 Å². The van der Waals surface area contributed by atoms with Gasteiger partial charge in [0.1, 0.15) is 11.6 Å². The summed E-state index contributed by atoms with van der Waals surface area (Å²) in [6.45, 7) is 1.32. The average Bonchev–Trinajstić information content (AvgIpc) is 2.19. The predicted octanol–water partition coefficient (Wildman–Crippen LogP) is 0.361. The molecule has 6 heteroatoms. The Labute approximate surface area is 92.9 Å². The zero-order valence-corrected chi connectivity index (χ0v) is 8.92. The molecule has 1 saturated heterocycles. The van der Waals surface area contributed by atoms with Gasteiger partial charge in [-0.25, -0.2) is 4.98 Å². The Morgan fingerprint density at radius 3 is 2.53 bits per heavy atom. The molecule has 0 radical (unpaired) electrons. The Bertz CT molecular complexity index is 394. The largest absolute Gasteiger partial charge is 0.356 e. The van der Waals surface area contributed by atoms with Gasteiger partial charge < -0.3 is 9.88 Å². The maximum Gasteiger partial charge on any atom is 0.252 e. The van der Waals surface area contributed by atoms with Crippen LogP contribution >= 0.6 is 12.4 Å². The number of carbonyl (C=O) groups is 1. The molecule has 0 aliphatic carbocycles. The lowest BCUT2D eigenvalue weighted by molar-refractivity contribution is -0.119. The Balaban J connectivity index is 0.00000112. The molecule has 1 N–H and O–H groups in total. The third-order valence-corrected chi connectivity index (χ3v) is 2.31. The van der Waals surface area contributed by atoms with E-state index >= 15 is 0 Å². The van der Waals surface area contributed by atoms with Crippen LogP contribution in [0.5, 0.6) is 0 Å². The standard InChI is InChI=1S/C9H11N3O2.ClH/c13-7-1-3-12(4-2-7)8-5-9(14)11-6-10-8;/h5-6H,1-4H2,(H,10,11,14);1H. The highest BCUT2D eigenvalue weighted by molar-refractivity contribution is 5.85. The normalized spacial score (nSPS) is 16.0. The van der Waals surface area contributed by atoms with Crippen LogP contribution in [0.2, 0.25) is 0 Å². The molecule has 0 unspecified atom stereocenters. The van der Waals surface area contributed by atoms with Crippen molar-refractivity contribution in [1.82, 2.24) is 9.97 Å². The number of nitrogens with zero attached hydrogens (tertiary/aromatic N) is 2. The lowest BCUT2D eigenvalue weighted by atomic mass is 10.1. The average molecular weight is 230 g/mol. The molecule has 0 spiro atoms. The summed E-state index contributed by atoms with van der Waals surface area (Å²) in [5.74, 6) is 0.937. The van der Waals surface area contributed by atoms with E-state index in [1.165, 1.54) is 12.4 Å². The molecule has 1 aliphatic heterocycles. The Morgan fingerprint density at radius 2 is 1.93 bits per heavy atom. The molecule has 0 amide bonds. The molecule has 2 rings (SSSR count). The van der Waals surface area contributed by atoms with Crippen LogP contribution in [-0.4, -0.2) is 28.8 Å². The minimum Gasteiger partial charge on any atom is -0.356 e. The van der Waals surface area contributed by atoms with Gasteiger partial charge >= 0.3 is 0 Å². The molecule has 1 fully saturated rings. The number of nitrogens with one attached hydrogen (secondary N) is 1. The molecule has 0 aromatic carbocycles. The van der Waals surface area contributed by atoms with Gasteiger partial charge in [-0.05, 0) is 0 Å². The first kappa shape index (κ1) is 11.7. The number of Topliss-reactive ketones (excluding diaryl/α,β-unsaturated/α-hetero) is 1. The lowest BCUT2D eigenvalue weighted by Gasteiger charge is -2.26. The summed E-state index contributed by atoms with van der Waals surface area (Å²) in [5.41, 5.74) is -0.160. The van der Waals surface area contributed by atoms with Crippen LogP contribution in [-0.2, 0) is 4.79 Å². The van der Waals surface area contributed by atoms with Crippen LogP contribution in [0.1, 0.15) is 12.8 Å². The van der Waals surface area contributed by atoms with Crippen molar-refractivity contribution in [1.29, 1.82) is 0 Å². The Morgan fingerprint density at radius 1 is 1.27 bits per heavy atom. The molecule has 82 valence electrons. The first-order valence-corrected chi connectivity index (χ1v) is 4.57. The molecule has 0 atom stereocenters. The number of anilines is 1. The van der Waals surface area contributed by atoms with Crippen molar-refractivity contribution >= 4 is 24.0 Å². The second-order valence-corrected chi connectivity index (χ2v) is 3.30. The Hall–Kier alpha value is -1.36. The van der Waals surface area contributed by atoms with Crippen molar-refractivity contribution in [2.45, 2.75) is 12.8 Å². The number of ketones is 1. The maximum atomic E-state index is 11.0. The van der Waals surface area contributed by atoms with E-state index < -0.39 is 0 Å². The quantitative estimate of drug-likeness (QED) is 0.755. The number of piperidine rings is 1. The predicted molar refractivity (Wildman–Crippen MR) is 58.6 cm³/mol. The van der Waals surface area contributed by atoms with E-state index in [2.05, 4.69) is 9.97 Å². The highest BCUT2D eigenvalue weighted by atomic mass is 35.5. The van der Waals surface area contributed by atoms with Crippen LogP contribution in [0.15, 0.2) is 17.2 Å². The number of aromatic amines is 1. The zero-order chi connectivity index (χ0) is 9.97. The van der Waals surface area contributed by atoms with Crippen LogP contribution < -0.4 is 10.5 Å². The van der Waals surface area contributed by atoms with E-state index in [1.54, 1.807) is 0 Å². The molecule has 1 aromatic rings. The van der Waals surface area contributed by atoms with E-state index in [0.29, 0.717) is 31.7 Å². The van der Waals surface area contributed by atoms with E-state index in [4.69, 9.17) is 0 Å². The minimum atomic E-state index is -0.160. The highest BCUT2D eigenvalue weighted by Crippen LogP contribution is 2.12. The monoisotopic (exact) mass is 229 g/mol. The van der Waals surface area contributed by atoms with Crippen molar-refractivity contribution in [2.24, 2.45) is 0 Å². The van der Waals surface area contributed by atoms with E-state index in [0.717, 1.165) is 0 Å². The fraction of sp³-hybridized carbons (Fsp3) is 0.444. The van der Waals surface area contributed by atoms with E-state index in [1.807, 2.05) is 4.90 Å². The first-order valence-electron chi connectivity index (χ1n) is 4.57. The van der Waals surface area contributed by atoms with Crippen LogP contribution in [0.25, 0.3) is 0 Å². The molecule has 1 aromatic heterocycles. The fourth-order valence-electron chi connectivity index (χ4n) is 1.52. The third-order valence-electron chi connectivity index (χ3n) is 2.31. The molecule has 0 bridgehead atoms. The van der Waals surface area contributed by atoms with Gasteiger partial charge in [0.15, 0.2) is 0 Å². The molecule has 2 heterocycles. The fourth-order valence-corrected chi connectivity index (χ4v) is 1.52. The van der Waals surface area contributed by atoms with Gasteiger partial charge in [-0.3, -0.25) is 9.59 Å². The highest BCUT2D eigenvalue weighted by Gasteiger charge is 2.17. The first-order chi connectivity index (χ1) is 6.75. The summed E-state index contributed by atoms with van der Waals surface area (Å²) in [5, 5.41) is 0. The van der Waals surface area contributed by atoms with Gasteiger partial charge in [0.2, 0.25) is 0 Å². The van der Waals surface area contributed by atoms with Gasteiger partial charge in [-0.15, -0.1) is 12.4 Å². The minimum absolute atomic E-state index is 0. The second kappa shape index (κ2) is 4.93. The van der Waals surface area contributed by atoms with Crippen molar-refractivity contribution in [3.63, 3.8) is 0 Å². The van der Waals surface area contributed by atoms with Gasteiger partial charge in [-0.1, -0.05) is 0 Å². The lowest BCUT2D eigenvalue weighted by Crippen LogP contribution is -2.34. The van der Waals surface area contributed by atoms with Gasteiger partial charge in [-0.2, -0.15) is 0 Å². The molecular formula is C9H12ClN3O2. The van der Waals surface area contributed by atoms with Crippen LogP contribution in [0.3, 0.4) is 0 Å². The summed E-state index contributed by atoms with van der Waals surface area (Å²) in [4.78, 5) is 30.5. The summed E-state index contributed by atoms with van der Waals surface area (Å²) >= 11 is 0. The SMILES string of the molecule is Cl.O=C1CCN(c2cc(=O)[nH]cn2)CC1. The van der Waals surface area contributed by atoms with E-state index in [9.17, 15) is 9.59 Å². The molecule has 1 aliphatic rings. The summed E-state index contributed by atoms with van der Waals surface area (Å²) in [7, 11) is 0. The zero-order valence-electron chi connectivity index (χ0n) is 8.10. The number of aromatic nitrogens is 2. The van der Waals surface area contributed by atoms with Gasteiger partial charge in [0.25, 0.3) is 5.56 Å². The maximum absolute atomic E-state index is 11.0. The summed E-state index contributed by atoms with van der Waals surface area (Å²) in [6, 6.07) is 1.45. The Kier molecular flexibility index (Phi) is 3.85. The number of H-pyrrole nitrogens is 1. The van der Waals surface area contributed by atoms with Crippen molar-refractivity contribution < 1.29 is 4.79 Å². The summed E-state index contributed by atoms with van der Waals surface area (Å²) in [6.07, 6.45) is 2.48. The number of rotatable bonds is 1. The number of carbonyl (C=O) groups excluding carboxylic acids is 1. The number of hydrogen-bond acceptors (Lipinski definition) is 4. The smallest absolute Gasteiger partial charge is 0.252 e. The van der Waals surface area contributed by atoms with Crippen LogP contribution in [0, 0.1) is 0 Å². The van der Waals surface area contributed by atoms with Gasteiger partial charge in [0, 0.05) is 32.0 Å². The third kappa shape index (κ3) is 2.79. The van der Waals surface area contributed by atoms with Crippen molar-refractivity contribution in [2.75, 3.05) is 18.0 Å². The van der Waals surface area contributed by atoms with Crippen molar-refractivity contribution in [3.05, 3.63) is 22.7 Å². The molecular weight excluding hydrogens is 218 g/mol. The second-order valence-electron chi connectivity index (χ2n) is 3.30. The van der Waals surface area contributed by atoms with E-state index in [-0.39, 0.29) is 23.7 Å². The molecule has 0 saturated carbocycles. The van der Waals surface area contributed by atoms with Crippen molar-refractivity contribution in [3.8, 4) is 0 Å². The molecule has 15 heavy (non-hydrogen) atoms. The number of halogens is 1. The number of hydrogen-bond donors (Lipinski definition) is 1. The van der Waals surface area contributed by atoms with Crippen LogP contribution in [0.4, 0.5) is 5.82 Å². The topological polar surface area (TPSA) is 66.1 Å². The summed E-state index contributed by atoms with van der Waals surface area (Å²) < 4.78 is 0. The molecule has 5 nitrogen and oxygen atoms in total.